The van der Waals surface area contributed by atoms with Crippen LogP contribution in [0.15, 0.2) is 96.6 Å². The van der Waals surface area contributed by atoms with Crippen LogP contribution in [-0.4, -0.2) is 11.5 Å². The minimum Gasteiger partial charge on any atom is -0.340 e. The number of nitrogens with zero attached hydrogens (tertiary/aromatic N) is 2. The van der Waals surface area contributed by atoms with E-state index in [0.717, 1.165) is 57.0 Å². The lowest BCUT2D eigenvalue weighted by Crippen LogP contribution is -2.19. The van der Waals surface area contributed by atoms with Crippen molar-refractivity contribution < 1.29 is 8.78 Å². The number of hydrogen-bond acceptors (Lipinski definition) is 3. The fraction of sp³-hybridized carbons (Fsp3) is 0.138. The predicted octanol–water partition coefficient (Wildman–Crippen LogP) is 8.98. The molecule has 0 bridgehead atoms. The van der Waals surface area contributed by atoms with Gasteiger partial charge in [0.1, 0.15) is 11.6 Å². The first kappa shape index (κ1) is 23.5. The third-order valence-electron chi connectivity index (χ3n) is 6.20. The normalized spacial score (nSPS) is 11.3. The van der Waals surface area contributed by atoms with E-state index in [-0.39, 0.29) is 17.6 Å². The van der Waals surface area contributed by atoms with Gasteiger partial charge in [0.25, 0.3) is 0 Å². The van der Waals surface area contributed by atoms with Crippen LogP contribution in [0.1, 0.15) is 29.9 Å². The van der Waals surface area contributed by atoms with Gasteiger partial charge in [-0.25, -0.2) is 8.78 Å². The molecule has 0 unspecified atom stereocenters. The molecule has 3 aromatic carbocycles. The summed E-state index contributed by atoms with van der Waals surface area (Å²) in [5, 5.41) is 4.05. The van der Waals surface area contributed by atoms with E-state index in [1.165, 1.54) is 24.3 Å². The predicted molar refractivity (Wildman–Crippen MR) is 142 cm³/mol. The molecule has 0 aliphatic carbocycles. The van der Waals surface area contributed by atoms with E-state index >= 15 is 0 Å². The summed E-state index contributed by atoms with van der Waals surface area (Å²) in [4.78, 5) is 6.49. The molecule has 0 N–H and O–H groups in total. The van der Waals surface area contributed by atoms with Crippen LogP contribution in [0.4, 0.5) is 20.2 Å². The van der Waals surface area contributed by atoms with E-state index in [4.69, 9.17) is 11.6 Å². The highest BCUT2D eigenvalue weighted by atomic mass is 35.5. The van der Waals surface area contributed by atoms with Crippen LogP contribution in [0.3, 0.4) is 0 Å². The van der Waals surface area contributed by atoms with Crippen molar-refractivity contribution in [3.8, 4) is 0 Å². The number of aromatic nitrogens is 1. The molecule has 0 aliphatic rings. The van der Waals surface area contributed by atoms with E-state index in [1.807, 2.05) is 48.5 Å². The number of thiophene rings is 1. The lowest BCUT2D eigenvalue weighted by Gasteiger charge is -2.26. The van der Waals surface area contributed by atoms with Gasteiger partial charge >= 0.3 is 0 Å². The molecule has 0 saturated heterocycles. The smallest absolute Gasteiger partial charge is 0.123 e. The molecule has 0 spiro atoms. The van der Waals surface area contributed by atoms with E-state index in [9.17, 15) is 8.78 Å². The highest BCUT2D eigenvalue weighted by Gasteiger charge is 2.18. The summed E-state index contributed by atoms with van der Waals surface area (Å²) in [6.45, 7) is 0.775. The molecule has 6 heteroatoms. The summed E-state index contributed by atoms with van der Waals surface area (Å²) < 4.78 is 28.3. The molecule has 0 atom stereocenters. The Labute approximate surface area is 212 Å². The average molecular weight is 505 g/mol. The zero-order chi connectivity index (χ0) is 24.2. The molecule has 5 rings (SSSR count). The minimum absolute atomic E-state index is 0.0357. The van der Waals surface area contributed by atoms with Crippen molar-refractivity contribution in [2.24, 2.45) is 0 Å². The van der Waals surface area contributed by atoms with E-state index in [0.29, 0.717) is 0 Å². The van der Waals surface area contributed by atoms with Crippen molar-refractivity contribution in [1.82, 2.24) is 4.98 Å². The zero-order valence-electron chi connectivity index (χ0n) is 18.9. The molecule has 5 aromatic rings. The Kier molecular flexibility index (Phi) is 7.07. The van der Waals surface area contributed by atoms with Crippen LogP contribution < -0.4 is 4.90 Å². The first-order valence-corrected chi connectivity index (χ1v) is 12.7. The fourth-order valence-corrected chi connectivity index (χ4v) is 5.70. The van der Waals surface area contributed by atoms with Crippen LogP contribution >= 0.6 is 22.9 Å². The van der Waals surface area contributed by atoms with Crippen molar-refractivity contribution in [1.29, 1.82) is 0 Å². The number of anilines is 2. The number of halogens is 3. The molecule has 35 heavy (non-hydrogen) atoms. The standard InChI is InChI=1S/C29H23ClF2N2S/c30-22-7-12-27-28(19-35-29(27)18-22)34(25-13-15-33-16-14-25)17-1-2-26(20-3-8-23(31)9-4-20)21-5-10-24(32)11-6-21/h3-16,18-19,26H,1-2,17H2. The highest BCUT2D eigenvalue weighted by Crippen LogP contribution is 2.39. The maximum absolute atomic E-state index is 13.6. The second-order valence-electron chi connectivity index (χ2n) is 8.42. The third-order valence-corrected chi connectivity index (χ3v) is 7.37. The summed E-state index contributed by atoms with van der Waals surface area (Å²) in [5.74, 6) is -0.492. The number of pyridine rings is 1. The van der Waals surface area contributed by atoms with Gasteiger partial charge in [-0.2, -0.15) is 0 Å². The summed E-state index contributed by atoms with van der Waals surface area (Å²) in [6.07, 6.45) is 5.29. The molecular formula is C29H23ClF2N2S. The molecule has 0 amide bonds. The van der Waals surface area contributed by atoms with Gasteiger partial charge in [0, 0.05) is 51.0 Å². The molecule has 0 saturated carbocycles. The van der Waals surface area contributed by atoms with Crippen molar-refractivity contribution in [2.75, 3.05) is 11.4 Å². The summed E-state index contributed by atoms with van der Waals surface area (Å²) >= 11 is 7.89. The van der Waals surface area contributed by atoms with Crippen LogP contribution in [0, 0.1) is 11.6 Å². The Hall–Kier alpha value is -3.28. The van der Waals surface area contributed by atoms with E-state index < -0.39 is 0 Å². The van der Waals surface area contributed by atoms with Gasteiger partial charge in [0.15, 0.2) is 0 Å². The van der Waals surface area contributed by atoms with Crippen LogP contribution in [-0.2, 0) is 0 Å². The van der Waals surface area contributed by atoms with Gasteiger partial charge in [-0.05, 0) is 78.6 Å². The summed E-state index contributed by atoms with van der Waals surface area (Å²) in [5.41, 5.74) is 4.23. The van der Waals surface area contributed by atoms with Gasteiger partial charge in [-0.15, -0.1) is 11.3 Å². The van der Waals surface area contributed by atoms with Crippen molar-refractivity contribution in [3.63, 3.8) is 0 Å². The lowest BCUT2D eigenvalue weighted by atomic mass is 9.87. The van der Waals surface area contributed by atoms with Gasteiger partial charge in [-0.1, -0.05) is 35.9 Å². The zero-order valence-corrected chi connectivity index (χ0v) is 20.4. The second kappa shape index (κ2) is 10.5. The van der Waals surface area contributed by atoms with Crippen LogP contribution in [0.25, 0.3) is 10.1 Å². The molecular weight excluding hydrogens is 482 g/mol. The molecule has 0 fully saturated rings. The topological polar surface area (TPSA) is 16.1 Å². The molecule has 2 aromatic heterocycles. The van der Waals surface area contributed by atoms with Gasteiger partial charge in [0.2, 0.25) is 0 Å². The summed E-state index contributed by atoms with van der Waals surface area (Å²) in [7, 11) is 0. The van der Waals surface area contributed by atoms with Crippen molar-refractivity contribution in [2.45, 2.75) is 18.8 Å². The maximum atomic E-state index is 13.6. The SMILES string of the molecule is Fc1ccc(C(CCCN(c2ccncc2)c2csc3cc(Cl)ccc23)c2ccc(F)cc2)cc1. The van der Waals surface area contributed by atoms with E-state index in [1.54, 1.807) is 23.7 Å². The number of rotatable bonds is 8. The Morgan fingerprint density at radius 2 is 1.46 bits per heavy atom. The minimum atomic E-state index is -0.264. The Balaban J connectivity index is 1.43. The second-order valence-corrected chi connectivity index (χ2v) is 9.76. The molecule has 0 aliphatic heterocycles. The lowest BCUT2D eigenvalue weighted by molar-refractivity contribution is 0.618. The summed E-state index contributed by atoms with van der Waals surface area (Å²) in [6, 6.07) is 23.2. The highest BCUT2D eigenvalue weighted by molar-refractivity contribution is 7.17. The number of benzene rings is 3. The largest absolute Gasteiger partial charge is 0.340 e. The van der Waals surface area contributed by atoms with Crippen LogP contribution in [0.2, 0.25) is 5.02 Å². The molecule has 0 radical (unpaired) electrons. The van der Waals surface area contributed by atoms with Crippen molar-refractivity contribution >= 4 is 44.4 Å². The van der Waals surface area contributed by atoms with Crippen molar-refractivity contribution in [3.05, 3.63) is 124 Å². The first-order valence-electron chi connectivity index (χ1n) is 11.4. The maximum Gasteiger partial charge on any atom is 0.123 e. The number of hydrogen-bond donors (Lipinski definition) is 0. The monoisotopic (exact) mass is 504 g/mol. The Morgan fingerprint density at radius 3 is 2.09 bits per heavy atom. The first-order chi connectivity index (χ1) is 17.1. The van der Waals surface area contributed by atoms with Gasteiger partial charge < -0.3 is 4.90 Å². The Morgan fingerprint density at radius 1 is 0.829 bits per heavy atom. The quantitative estimate of drug-likeness (QED) is 0.209. The van der Waals surface area contributed by atoms with Crippen LogP contribution in [0.5, 0.6) is 0 Å². The fourth-order valence-electron chi connectivity index (χ4n) is 4.48. The van der Waals surface area contributed by atoms with Gasteiger partial charge in [-0.3, -0.25) is 4.98 Å². The van der Waals surface area contributed by atoms with E-state index in [2.05, 4.69) is 21.3 Å². The molecule has 2 nitrogen and oxygen atoms in total. The Bertz CT molecular complexity index is 1360. The third kappa shape index (κ3) is 5.37. The average Bonchev–Trinajstić information content (AvgIpc) is 3.29. The molecule has 2 heterocycles. The number of fused-ring (bicyclic) bond motifs is 1. The van der Waals surface area contributed by atoms with Gasteiger partial charge in [0.05, 0.1) is 5.69 Å². The molecule has 176 valence electrons.